The van der Waals surface area contributed by atoms with Crippen molar-refractivity contribution in [3.8, 4) is 0 Å². The lowest BCUT2D eigenvalue weighted by atomic mass is 10.1. The lowest BCUT2D eigenvalue weighted by molar-refractivity contribution is 0.311. The molecule has 1 saturated heterocycles. The zero-order valence-electron chi connectivity index (χ0n) is 11.4. The molecule has 1 fully saturated rings. The molecular formula is C13H22ClN5. The Morgan fingerprint density at radius 2 is 1.84 bits per heavy atom. The molecule has 3 rings (SSSR count). The van der Waals surface area contributed by atoms with Crippen LogP contribution in [0.5, 0.6) is 0 Å². The predicted octanol–water partition coefficient (Wildman–Crippen LogP) is 0.338. The maximum atomic E-state index is 4.78. The molecule has 19 heavy (non-hydrogen) atoms. The molecule has 0 aliphatic carbocycles. The molecule has 0 amide bonds. The van der Waals surface area contributed by atoms with Crippen LogP contribution in [0.2, 0.25) is 0 Å². The SMILES string of the molecule is CN1CCN(c2ncc3c(n2)CCNCC3)CC1.Cl. The Balaban J connectivity index is 0.00000133. The lowest BCUT2D eigenvalue weighted by Gasteiger charge is -2.32. The fourth-order valence-corrected chi connectivity index (χ4v) is 2.57. The van der Waals surface area contributed by atoms with Crippen LogP contribution >= 0.6 is 12.4 Å². The lowest BCUT2D eigenvalue weighted by Crippen LogP contribution is -2.45. The normalized spacial score (nSPS) is 20.4. The number of nitrogens with one attached hydrogen (secondary N) is 1. The molecule has 0 saturated carbocycles. The Bertz CT molecular complexity index is 417. The third kappa shape index (κ3) is 3.35. The molecular weight excluding hydrogens is 262 g/mol. The van der Waals surface area contributed by atoms with E-state index in [1.54, 1.807) is 0 Å². The minimum absolute atomic E-state index is 0. The van der Waals surface area contributed by atoms with Crippen molar-refractivity contribution in [1.82, 2.24) is 20.2 Å². The number of halogens is 1. The monoisotopic (exact) mass is 283 g/mol. The van der Waals surface area contributed by atoms with Gasteiger partial charge in [0.1, 0.15) is 0 Å². The van der Waals surface area contributed by atoms with Gasteiger partial charge in [0, 0.05) is 45.3 Å². The summed E-state index contributed by atoms with van der Waals surface area (Å²) in [6, 6.07) is 0. The smallest absolute Gasteiger partial charge is 0.225 e. The maximum Gasteiger partial charge on any atom is 0.225 e. The van der Waals surface area contributed by atoms with E-state index >= 15 is 0 Å². The number of anilines is 1. The van der Waals surface area contributed by atoms with Crippen molar-refractivity contribution in [2.45, 2.75) is 12.8 Å². The van der Waals surface area contributed by atoms with Gasteiger partial charge < -0.3 is 15.1 Å². The molecule has 1 N–H and O–H groups in total. The Morgan fingerprint density at radius 1 is 1.11 bits per heavy atom. The van der Waals surface area contributed by atoms with Crippen molar-refractivity contribution in [3.05, 3.63) is 17.5 Å². The van der Waals surface area contributed by atoms with Crippen molar-refractivity contribution in [1.29, 1.82) is 0 Å². The summed E-state index contributed by atoms with van der Waals surface area (Å²) in [6.45, 7) is 6.35. The van der Waals surface area contributed by atoms with E-state index in [2.05, 4.69) is 27.1 Å². The fourth-order valence-electron chi connectivity index (χ4n) is 2.57. The van der Waals surface area contributed by atoms with E-state index in [4.69, 9.17) is 4.98 Å². The molecule has 1 aromatic rings. The Kier molecular flexibility index (Phi) is 4.96. The molecule has 1 aromatic heterocycles. The van der Waals surface area contributed by atoms with Gasteiger partial charge in [0.2, 0.25) is 5.95 Å². The molecule has 0 radical (unpaired) electrons. The Labute approximate surface area is 120 Å². The van der Waals surface area contributed by atoms with Gasteiger partial charge in [0.05, 0.1) is 5.69 Å². The van der Waals surface area contributed by atoms with Gasteiger partial charge in [-0.3, -0.25) is 0 Å². The summed E-state index contributed by atoms with van der Waals surface area (Å²) in [5.74, 6) is 0.920. The first kappa shape index (κ1) is 14.5. The van der Waals surface area contributed by atoms with E-state index in [1.165, 1.54) is 11.3 Å². The van der Waals surface area contributed by atoms with Crippen molar-refractivity contribution >= 4 is 18.4 Å². The molecule has 106 valence electrons. The van der Waals surface area contributed by atoms with Crippen LogP contribution in [0.4, 0.5) is 5.95 Å². The molecule has 0 bridgehead atoms. The number of nitrogens with zero attached hydrogens (tertiary/aromatic N) is 4. The Morgan fingerprint density at radius 3 is 2.63 bits per heavy atom. The molecule has 5 nitrogen and oxygen atoms in total. The van der Waals surface area contributed by atoms with E-state index in [9.17, 15) is 0 Å². The van der Waals surface area contributed by atoms with E-state index in [0.717, 1.165) is 58.1 Å². The van der Waals surface area contributed by atoms with Gasteiger partial charge in [-0.25, -0.2) is 9.97 Å². The van der Waals surface area contributed by atoms with Crippen LogP contribution in [0, 0.1) is 0 Å². The fraction of sp³-hybridized carbons (Fsp3) is 0.692. The zero-order chi connectivity index (χ0) is 12.4. The number of hydrogen-bond donors (Lipinski definition) is 1. The van der Waals surface area contributed by atoms with Crippen molar-refractivity contribution in [2.24, 2.45) is 0 Å². The molecule has 2 aliphatic heterocycles. The number of aromatic nitrogens is 2. The maximum absolute atomic E-state index is 4.78. The third-order valence-corrected chi connectivity index (χ3v) is 3.84. The minimum atomic E-state index is 0. The van der Waals surface area contributed by atoms with Crippen LogP contribution in [0.15, 0.2) is 6.20 Å². The van der Waals surface area contributed by atoms with E-state index < -0.39 is 0 Å². The molecule has 0 aromatic carbocycles. The van der Waals surface area contributed by atoms with Gasteiger partial charge in [-0.2, -0.15) is 0 Å². The Hall–Kier alpha value is -0.910. The highest BCUT2D eigenvalue weighted by atomic mass is 35.5. The quantitative estimate of drug-likeness (QED) is 0.805. The highest BCUT2D eigenvalue weighted by Crippen LogP contribution is 2.15. The molecule has 0 atom stereocenters. The summed E-state index contributed by atoms with van der Waals surface area (Å²) < 4.78 is 0. The first-order valence-electron chi connectivity index (χ1n) is 6.82. The minimum Gasteiger partial charge on any atom is -0.338 e. The predicted molar refractivity (Wildman–Crippen MR) is 79.3 cm³/mol. The summed E-state index contributed by atoms with van der Waals surface area (Å²) in [6.07, 6.45) is 4.11. The topological polar surface area (TPSA) is 44.3 Å². The number of rotatable bonds is 1. The van der Waals surface area contributed by atoms with Gasteiger partial charge in [0.15, 0.2) is 0 Å². The first-order valence-corrected chi connectivity index (χ1v) is 6.82. The highest BCUT2D eigenvalue weighted by molar-refractivity contribution is 5.85. The molecule has 0 unspecified atom stereocenters. The molecule has 2 aliphatic rings. The van der Waals surface area contributed by atoms with E-state index in [1.807, 2.05) is 6.20 Å². The van der Waals surface area contributed by atoms with Gasteiger partial charge in [-0.1, -0.05) is 0 Å². The van der Waals surface area contributed by atoms with Crippen LogP contribution < -0.4 is 10.2 Å². The van der Waals surface area contributed by atoms with Crippen LogP contribution in [0.1, 0.15) is 11.3 Å². The number of hydrogen-bond acceptors (Lipinski definition) is 5. The average molecular weight is 284 g/mol. The molecule has 3 heterocycles. The standard InChI is InChI=1S/C13H21N5.ClH/c1-17-6-8-18(9-7-17)13-15-10-11-2-4-14-5-3-12(11)16-13;/h10,14H,2-9H2,1H3;1H. The van der Waals surface area contributed by atoms with Crippen molar-refractivity contribution in [2.75, 3.05) is 51.2 Å². The van der Waals surface area contributed by atoms with Crippen molar-refractivity contribution < 1.29 is 0 Å². The van der Waals surface area contributed by atoms with Crippen molar-refractivity contribution in [3.63, 3.8) is 0 Å². The largest absolute Gasteiger partial charge is 0.338 e. The van der Waals surface area contributed by atoms with Gasteiger partial charge in [0.25, 0.3) is 0 Å². The van der Waals surface area contributed by atoms with Crippen LogP contribution in [0.25, 0.3) is 0 Å². The van der Waals surface area contributed by atoms with Crippen LogP contribution in [-0.4, -0.2) is 61.2 Å². The summed E-state index contributed by atoms with van der Waals surface area (Å²) in [4.78, 5) is 14.0. The highest BCUT2D eigenvalue weighted by Gasteiger charge is 2.18. The van der Waals surface area contributed by atoms with Gasteiger partial charge in [-0.05, 0) is 25.6 Å². The van der Waals surface area contributed by atoms with E-state index in [-0.39, 0.29) is 12.4 Å². The second-order valence-corrected chi connectivity index (χ2v) is 5.18. The number of piperazine rings is 1. The number of likely N-dealkylation sites (N-methyl/N-ethyl adjacent to an activating group) is 1. The second kappa shape index (κ2) is 6.50. The van der Waals surface area contributed by atoms with Crippen LogP contribution in [0.3, 0.4) is 0 Å². The zero-order valence-corrected chi connectivity index (χ0v) is 12.2. The summed E-state index contributed by atoms with van der Waals surface area (Å²) in [7, 11) is 2.17. The van der Waals surface area contributed by atoms with Gasteiger partial charge >= 0.3 is 0 Å². The molecule has 6 heteroatoms. The second-order valence-electron chi connectivity index (χ2n) is 5.18. The molecule has 0 spiro atoms. The summed E-state index contributed by atoms with van der Waals surface area (Å²) in [5, 5.41) is 3.41. The summed E-state index contributed by atoms with van der Waals surface area (Å²) in [5.41, 5.74) is 2.56. The number of fused-ring (bicyclic) bond motifs is 1. The summed E-state index contributed by atoms with van der Waals surface area (Å²) >= 11 is 0. The van der Waals surface area contributed by atoms with Crippen LogP contribution in [-0.2, 0) is 12.8 Å². The average Bonchev–Trinajstić information content (AvgIpc) is 2.64. The third-order valence-electron chi connectivity index (χ3n) is 3.84. The first-order chi connectivity index (χ1) is 8.83. The van der Waals surface area contributed by atoms with Gasteiger partial charge in [-0.15, -0.1) is 12.4 Å². The van der Waals surface area contributed by atoms with E-state index in [0.29, 0.717) is 0 Å².